The molecule has 0 atom stereocenters. The molecule has 0 fully saturated rings. The molecule has 0 aliphatic heterocycles. The zero-order chi connectivity index (χ0) is 5.91. The van der Waals surface area contributed by atoms with Crippen LogP contribution in [0.25, 0.3) is 0 Å². The predicted molar refractivity (Wildman–Crippen MR) is 36.9 cm³/mol. The van der Waals surface area contributed by atoms with Crippen molar-refractivity contribution in [3.8, 4) is 9.48 Å². The summed E-state index contributed by atoms with van der Waals surface area (Å²) < 4.78 is 3.01. The van der Waals surface area contributed by atoms with E-state index < -0.39 is 8.07 Å². The molecular weight excluding hydrogens is 207 g/mol. The van der Waals surface area contributed by atoms with E-state index in [1.807, 2.05) is 0 Å². The van der Waals surface area contributed by atoms with Gasteiger partial charge in [-0.2, -0.15) is 0 Å². The summed E-state index contributed by atoms with van der Waals surface area (Å²) in [6, 6.07) is 0. The van der Waals surface area contributed by atoms with E-state index in [0.29, 0.717) is 0 Å². The molecule has 0 heterocycles. The van der Waals surface area contributed by atoms with Crippen LogP contribution in [-0.4, -0.2) is 30.6 Å². The third-order valence-electron chi connectivity index (χ3n) is 0.438. The Morgan fingerprint density at radius 1 is 1.29 bits per heavy atom. The average Bonchev–Trinajstić information content (AvgIpc) is 1.30. The van der Waals surface area contributed by atoms with Gasteiger partial charge >= 0.3 is 59.7 Å². The Kier molecular flexibility index (Phi) is 3.01. The molecule has 0 aromatic carbocycles. The maximum absolute atomic E-state index is 3.21. The Morgan fingerprint density at radius 2 is 1.71 bits per heavy atom. The van der Waals surface area contributed by atoms with E-state index in [2.05, 4.69) is 29.1 Å². The molecule has 0 spiro atoms. The Hall–Kier alpha value is 0.576. The number of hydrogen-bond donors (Lipinski definition) is 0. The van der Waals surface area contributed by atoms with Crippen LogP contribution >= 0.6 is 0 Å². The minimum absolute atomic E-state index is 0.996. The number of rotatable bonds is 0. The summed E-state index contributed by atoms with van der Waals surface area (Å²) in [5.74, 6) is 0. The summed E-state index contributed by atoms with van der Waals surface area (Å²) in [5, 5.41) is 0. The van der Waals surface area contributed by atoms with Gasteiger partial charge in [-0.25, -0.2) is 0 Å². The van der Waals surface area contributed by atoms with Gasteiger partial charge in [0.1, 0.15) is 0 Å². The molecule has 0 bridgehead atoms. The molecule has 0 aromatic heterocycles. The Bertz CT molecular complexity index is 101. The van der Waals surface area contributed by atoms with Gasteiger partial charge in [0.05, 0.1) is 0 Å². The molecule has 0 unspecified atom stereocenters. The van der Waals surface area contributed by atoms with E-state index in [4.69, 9.17) is 0 Å². The molecule has 0 N–H and O–H groups in total. The molecule has 0 rings (SSSR count). The van der Waals surface area contributed by atoms with Gasteiger partial charge in [0, 0.05) is 0 Å². The van der Waals surface area contributed by atoms with E-state index in [9.17, 15) is 0 Å². The van der Waals surface area contributed by atoms with Gasteiger partial charge < -0.3 is 0 Å². The van der Waals surface area contributed by atoms with Crippen LogP contribution in [0.1, 0.15) is 0 Å². The second-order valence-corrected chi connectivity index (χ2v) is 7.96. The summed E-state index contributed by atoms with van der Waals surface area (Å²) in [6.07, 6.45) is 0. The minimum atomic E-state index is -0.996. The molecule has 0 aliphatic rings. The fourth-order valence-electron chi connectivity index (χ4n) is 0.188. The Balaban J connectivity index is 3.72. The van der Waals surface area contributed by atoms with E-state index in [-0.39, 0.29) is 0 Å². The van der Waals surface area contributed by atoms with Crippen molar-refractivity contribution >= 4 is 30.6 Å². The fourth-order valence-corrected chi connectivity index (χ4v) is 3.77. The monoisotopic (exact) mass is 217 g/mol. The molecular formula is C5H9SiSn. The SMILES string of the molecule is C[Si](C)(C)C#[C][Sn]. The first kappa shape index (κ1) is 7.58. The van der Waals surface area contributed by atoms with Crippen LogP contribution in [0.5, 0.6) is 0 Å². The first-order valence-electron chi connectivity index (χ1n) is 2.25. The van der Waals surface area contributed by atoms with Gasteiger partial charge in [0.2, 0.25) is 0 Å². The van der Waals surface area contributed by atoms with E-state index in [1.165, 1.54) is 22.5 Å². The second-order valence-electron chi connectivity index (χ2n) is 2.50. The van der Waals surface area contributed by atoms with Crippen LogP contribution in [0.4, 0.5) is 0 Å². The van der Waals surface area contributed by atoms with Crippen LogP contribution in [-0.2, 0) is 0 Å². The summed E-state index contributed by atoms with van der Waals surface area (Å²) in [6.45, 7) is 6.76. The summed E-state index contributed by atoms with van der Waals surface area (Å²) in [7, 11) is -0.996. The summed E-state index contributed by atoms with van der Waals surface area (Å²) in [4.78, 5) is 0. The molecule has 2 heteroatoms. The zero-order valence-corrected chi connectivity index (χ0v) is 8.85. The fraction of sp³-hybridized carbons (Fsp3) is 0.600. The molecule has 37 valence electrons. The zero-order valence-electron chi connectivity index (χ0n) is 5.00. The molecule has 0 saturated heterocycles. The molecule has 0 aliphatic carbocycles. The summed E-state index contributed by atoms with van der Waals surface area (Å²) >= 11 is 1.35. The van der Waals surface area contributed by atoms with Crippen molar-refractivity contribution in [2.45, 2.75) is 19.6 Å². The third-order valence-corrected chi connectivity index (χ3v) is 2.38. The normalized spacial score (nSPS) is 9.71. The molecule has 0 nitrogen and oxygen atoms in total. The van der Waals surface area contributed by atoms with Crippen LogP contribution in [0, 0.1) is 9.48 Å². The van der Waals surface area contributed by atoms with Crippen LogP contribution < -0.4 is 0 Å². The van der Waals surface area contributed by atoms with Crippen molar-refractivity contribution in [1.29, 1.82) is 0 Å². The van der Waals surface area contributed by atoms with E-state index in [0.717, 1.165) is 0 Å². The van der Waals surface area contributed by atoms with Gasteiger partial charge in [-0.05, 0) is 0 Å². The first-order chi connectivity index (χ1) is 3.06. The van der Waals surface area contributed by atoms with Crippen molar-refractivity contribution in [2.24, 2.45) is 0 Å². The Morgan fingerprint density at radius 3 is 1.71 bits per heavy atom. The average molecular weight is 216 g/mol. The van der Waals surface area contributed by atoms with E-state index >= 15 is 0 Å². The predicted octanol–water partition coefficient (Wildman–Crippen LogP) is 0.993. The molecule has 3 radical (unpaired) electrons. The third kappa shape index (κ3) is 6.58. The van der Waals surface area contributed by atoms with E-state index in [1.54, 1.807) is 0 Å². The van der Waals surface area contributed by atoms with Gasteiger partial charge in [0.15, 0.2) is 0 Å². The first-order valence-corrected chi connectivity index (χ1v) is 7.18. The molecule has 0 saturated carbocycles. The number of hydrogen-bond acceptors (Lipinski definition) is 0. The van der Waals surface area contributed by atoms with Gasteiger partial charge in [-0.1, -0.05) is 0 Å². The molecule has 0 amide bonds. The van der Waals surface area contributed by atoms with Crippen molar-refractivity contribution in [3.63, 3.8) is 0 Å². The van der Waals surface area contributed by atoms with Gasteiger partial charge in [-0.3, -0.25) is 0 Å². The molecule has 0 aromatic rings. The second kappa shape index (κ2) is 2.78. The van der Waals surface area contributed by atoms with Crippen molar-refractivity contribution in [3.05, 3.63) is 0 Å². The standard InChI is InChI=1S/C5H9Si.Sn/c1-5-6(2,3)4;/h2-4H3;. The van der Waals surface area contributed by atoms with Crippen molar-refractivity contribution in [2.75, 3.05) is 0 Å². The quantitative estimate of drug-likeness (QED) is 0.418. The van der Waals surface area contributed by atoms with Crippen LogP contribution in [0.3, 0.4) is 0 Å². The summed E-state index contributed by atoms with van der Waals surface area (Å²) in [5.41, 5.74) is 3.21. The topological polar surface area (TPSA) is 0 Å². The van der Waals surface area contributed by atoms with Gasteiger partial charge in [-0.15, -0.1) is 0 Å². The van der Waals surface area contributed by atoms with Crippen molar-refractivity contribution < 1.29 is 0 Å². The van der Waals surface area contributed by atoms with Crippen LogP contribution in [0.2, 0.25) is 19.6 Å². The molecule has 7 heavy (non-hydrogen) atoms. The van der Waals surface area contributed by atoms with Crippen molar-refractivity contribution in [1.82, 2.24) is 0 Å². The Labute approximate surface area is 59.8 Å². The van der Waals surface area contributed by atoms with Gasteiger partial charge in [0.25, 0.3) is 0 Å². The van der Waals surface area contributed by atoms with Crippen LogP contribution in [0.15, 0.2) is 0 Å². The maximum atomic E-state index is 3.21.